The van der Waals surface area contributed by atoms with Crippen LogP contribution in [0.1, 0.15) is 29.8 Å². The third kappa shape index (κ3) is 2.38. The van der Waals surface area contributed by atoms with Crippen LogP contribution < -0.4 is 4.90 Å². The Morgan fingerprint density at radius 3 is 2.58 bits per heavy atom. The Morgan fingerprint density at radius 2 is 1.92 bits per heavy atom. The highest BCUT2D eigenvalue weighted by Crippen LogP contribution is 2.46. The van der Waals surface area contributed by atoms with E-state index in [1.54, 1.807) is 0 Å². The quantitative estimate of drug-likeness (QED) is 0.585. The number of carbonyl (C=O) groups is 1. The van der Waals surface area contributed by atoms with Crippen molar-refractivity contribution < 1.29 is 4.79 Å². The lowest BCUT2D eigenvalue weighted by Gasteiger charge is -2.35. The lowest BCUT2D eigenvalue weighted by molar-refractivity contribution is -0.107. The zero-order chi connectivity index (χ0) is 18.6. The van der Waals surface area contributed by atoms with Gasteiger partial charge in [-0.25, -0.2) is 0 Å². The number of carbonyl (C=O) groups excluding carboxylic acids is 1. The summed E-state index contributed by atoms with van der Waals surface area (Å²) in [5, 5.41) is 1.94. The van der Waals surface area contributed by atoms with E-state index < -0.39 is 0 Å². The second-order valence-corrected chi connectivity index (χ2v) is 7.79. The molecule has 2 aromatic carbocycles. The number of hydrogen-bond donors (Lipinski definition) is 0. The Morgan fingerprint density at radius 1 is 1.23 bits per heavy atom. The molecule has 0 radical (unpaired) electrons. The maximum Gasteiger partial charge on any atom is 0.124 e. The molecule has 0 bridgehead atoms. The fraction of sp³-hybridized carbons (Fsp3) is 0.318. The van der Waals surface area contributed by atoms with Crippen LogP contribution in [0.5, 0.6) is 0 Å². The van der Waals surface area contributed by atoms with Crippen molar-refractivity contribution in [2.45, 2.75) is 33.2 Å². The molecule has 26 heavy (non-hydrogen) atoms. The summed E-state index contributed by atoms with van der Waals surface area (Å²) in [6.07, 6.45) is 1.43. The predicted molar refractivity (Wildman–Crippen MR) is 110 cm³/mol. The molecule has 1 aliphatic rings. The molecule has 1 unspecified atom stereocenters. The molecule has 1 aliphatic heterocycles. The standard InChI is InChI=1S/C22H23ClN2O/c1-13-11-19-20(16-5-7-17(23)8-6-16)18(9-10-26)15(3)21-22(19)25(13)14(2)12-24(21)4/h5-8,10-11,14H,9,12H2,1-4H3. The number of benzene rings is 2. The maximum atomic E-state index is 11.5. The molecule has 3 aromatic rings. The molecule has 0 saturated heterocycles. The Kier molecular flexibility index (Phi) is 4.07. The van der Waals surface area contributed by atoms with Gasteiger partial charge in [0.05, 0.1) is 11.2 Å². The van der Waals surface area contributed by atoms with Crippen molar-refractivity contribution >= 4 is 34.5 Å². The number of halogens is 1. The first-order chi connectivity index (χ1) is 12.4. The second kappa shape index (κ2) is 6.17. The average molecular weight is 367 g/mol. The smallest absolute Gasteiger partial charge is 0.124 e. The maximum absolute atomic E-state index is 11.5. The molecule has 0 aliphatic carbocycles. The summed E-state index contributed by atoms with van der Waals surface area (Å²) in [7, 11) is 2.15. The van der Waals surface area contributed by atoms with Crippen molar-refractivity contribution in [3.8, 4) is 11.1 Å². The molecule has 0 fully saturated rings. The van der Waals surface area contributed by atoms with Crippen LogP contribution in [0.4, 0.5) is 5.69 Å². The SMILES string of the molecule is Cc1c(CC=O)c(-c2ccc(Cl)cc2)c2cc(C)n3c2c1N(C)CC3C. The Labute approximate surface area is 159 Å². The van der Waals surface area contributed by atoms with Gasteiger partial charge in [0.25, 0.3) is 0 Å². The minimum absolute atomic E-state index is 0.416. The van der Waals surface area contributed by atoms with E-state index >= 15 is 0 Å². The van der Waals surface area contributed by atoms with Gasteiger partial charge < -0.3 is 14.3 Å². The van der Waals surface area contributed by atoms with Crippen molar-refractivity contribution in [2.75, 3.05) is 18.5 Å². The molecule has 0 N–H and O–H groups in total. The Balaban J connectivity index is 2.17. The fourth-order valence-electron chi connectivity index (χ4n) is 4.64. The third-order valence-corrected chi connectivity index (χ3v) is 5.87. The molecule has 4 heteroatoms. The van der Waals surface area contributed by atoms with Crippen LogP contribution in [0.25, 0.3) is 22.0 Å². The van der Waals surface area contributed by atoms with Crippen LogP contribution >= 0.6 is 11.6 Å². The van der Waals surface area contributed by atoms with Crippen LogP contribution in [-0.4, -0.2) is 24.4 Å². The zero-order valence-electron chi connectivity index (χ0n) is 15.6. The molecule has 0 saturated carbocycles. The zero-order valence-corrected chi connectivity index (χ0v) is 16.4. The normalized spacial score (nSPS) is 16.3. The minimum Gasteiger partial charge on any atom is -0.371 e. The van der Waals surface area contributed by atoms with E-state index in [1.165, 1.54) is 27.8 Å². The van der Waals surface area contributed by atoms with Gasteiger partial charge in [-0.15, -0.1) is 0 Å². The largest absolute Gasteiger partial charge is 0.371 e. The van der Waals surface area contributed by atoms with Crippen LogP contribution in [0.2, 0.25) is 5.02 Å². The summed E-state index contributed by atoms with van der Waals surface area (Å²) in [5.74, 6) is 0. The highest BCUT2D eigenvalue weighted by atomic mass is 35.5. The number of likely N-dealkylation sites (N-methyl/N-ethyl adjacent to an activating group) is 1. The summed E-state index contributed by atoms with van der Waals surface area (Å²) in [6.45, 7) is 7.56. The van der Waals surface area contributed by atoms with Crippen molar-refractivity contribution in [2.24, 2.45) is 0 Å². The molecule has 0 amide bonds. The van der Waals surface area contributed by atoms with Gasteiger partial charge >= 0.3 is 0 Å². The molecular weight excluding hydrogens is 344 g/mol. The number of aldehydes is 1. The summed E-state index contributed by atoms with van der Waals surface area (Å²) in [4.78, 5) is 13.8. The van der Waals surface area contributed by atoms with E-state index in [4.69, 9.17) is 11.6 Å². The summed E-state index contributed by atoms with van der Waals surface area (Å²) in [5.41, 5.74) is 8.38. The van der Waals surface area contributed by atoms with Crippen molar-refractivity contribution in [3.63, 3.8) is 0 Å². The Hall–Kier alpha value is -2.26. The Bertz CT molecular complexity index is 1020. The van der Waals surface area contributed by atoms with Gasteiger partial charge in [0, 0.05) is 42.2 Å². The van der Waals surface area contributed by atoms with Gasteiger partial charge in [0.1, 0.15) is 6.29 Å². The van der Waals surface area contributed by atoms with Crippen LogP contribution in [0.3, 0.4) is 0 Å². The van der Waals surface area contributed by atoms with Crippen molar-refractivity contribution in [1.82, 2.24) is 4.57 Å². The highest BCUT2D eigenvalue weighted by Gasteiger charge is 2.29. The molecule has 1 atom stereocenters. The van der Waals surface area contributed by atoms with Gasteiger partial charge in [-0.2, -0.15) is 0 Å². The van der Waals surface area contributed by atoms with E-state index in [0.717, 1.165) is 34.5 Å². The van der Waals surface area contributed by atoms with Crippen LogP contribution in [0.15, 0.2) is 30.3 Å². The van der Waals surface area contributed by atoms with Gasteiger partial charge in [0.15, 0.2) is 0 Å². The van der Waals surface area contributed by atoms with Crippen molar-refractivity contribution in [1.29, 1.82) is 0 Å². The van der Waals surface area contributed by atoms with E-state index in [0.29, 0.717) is 12.5 Å². The molecule has 3 nitrogen and oxygen atoms in total. The monoisotopic (exact) mass is 366 g/mol. The summed E-state index contributed by atoms with van der Waals surface area (Å²) >= 11 is 6.11. The predicted octanol–water partition coefficient (Wildman–Crippen LogP) is 5.33. The number of aryl methyl sites for hydroxylation is 1. The minimum atomic E-state index is 0.416. The highest BCUT2D eigenvalue weighted by molar-refractivity contribution is 6.30. The molecule has 0 spiro atoms. The topological polar surface area (TPSA) is 25.2 Å². The molecule has 1 aromatic heterocycles. The molecular formula is C22H23ClN2O. The number of nitrogens with zero attached hydrogens (tertiary/aromatic N) is 2. The number of aromatic nitrogens is 1. The fourth-order valence-corrected chi connectivity index (χ4v) is 4.77. The second-order valence-electron chi connectivity index (χ2n) is 7.35. The lowest BCUT2D eigenvalue weighted by Crippen LogP contribution is -2.32. The third-order valence-electron chi connectivity index (χ3n) is 5.61. The first kappa shape index (κ1) is 17.2. The molecule has 2 heterocycles. The first-order valence-electron chi connectivity index (χ1n) is 9.01. The van der Waals surface area contributed by atoms with E-state index in [9.17, 15) is 4.79 Å². The summed E-state index contributed by atoms with van der Waals surface area (Å²) in [6, 6.07) is 10.6. The molecule has 4 rings (SSSR count). The average Bonchev–Trinajstić information content (AvgIpc) is 2.93. The first-order valence-corrected chi connectivity index (χ1v) is 9.39. The van der Waals surface area contributed by atoms with E-state index in [-0.39, 0.29) is 0 Å². The van der Waals surface area contributed by atoms with Gasteiger partial charge in [-0.3, -0.25) is 0 Å². The number of rotatable bonds is 3. The van der Waals surface area contributed by atoms with E-state index in [2.05, 4.69) is 55.5 Å². The van der Waals surface area contributed by atoms with Gasteiger partial charge in [-0.05, 0) is 61.2 Å². The number of hydrogen-bond acceptors (Lipinski definition) is 2. The van der Waals surface area contributed by atoms with Crippen molar-refractivity contribution in [3.05, 3.63) is 52.2 Å². The van der Waals surface area contributed by atoms with Crippen LogP contribution in [0, 0.1) is 13.8 Å². The molecule has 134 valence electrons. The van der Waals surface area contributed by atoms with Crippen LogP contribution in [-0.2, 0) is 11.2 Å². The lowest BCUT2D eigenvalue weighted by atomic mass is 9.89. The van der Waals surface area contributed by atoms with Gasteiger partial charge in [-0.1, -0.05) is 23.7 Å². The van der Waals surface area contributed by atoms with E-state index in [1.807, 2.05) is 12.1 Å². The number of anilines is 1. The van der Waals surface area contributed by atoms with Gasteiger partial charge in [0.2, 0.25) is 0 Å². The summed E-state index contributed by atoms with van der Waals surface area (Å²) < 4.78 is 2.45.